The van der Waals surface area contributed by atoms with Crippen LogP contribution in [0.25, 0.3) is 0 Å². The molecule has 0 unspecified atom stereocenters. The van der Waals surface area contributed by atoms with Crippen LogP contribution in [0.15, 0.2) is 91.0 Å². The fourth-order valence-corrected chi connectivity index (χ4v) is 3.29. The Labute approximate surface area is 171 Å². The molecule has 5 heteroatoms. The fourth-order valence-electron chi connectivity index (χ4n) is 3.29. The van der Waals surface area contributed by atoms with E-state index in [1.165, 1.54) is 7.05 Å². The van der Waals surface area contributed by atoms with Gasteiger partial charge < -0.3 is 10.6 Å². The lowest BCUT2D eigenvalue weighted by atomic mass is 9.90. The summed E-state index contributed by atoms with van der Waals surface area (Å²) >= 11 is 0. The molecule has 1 atom stereocenters. The summed E-state index contributed by atoms with van der Waals surface area (Å²) in [7, 11) is 1.48. The topological polar surface area (TPSA) is 70.2 Å². The molecule has 0 aromatic heterocycles. The van der Waals surface area contributed by atoms with Gasteiger partial charge in [0.05, 0.1) is 0 Å². The van der Waals surface area contributed by atoms with E-state index in [4.69, 9.17) is 0 Å². The molecule has 0 heterocycles. The number of rotatable bonds is 7. The number of carbonyl (C=O) groups is 2. The molecule has 3 aromatic carbocycles. The van der Waals surface area contributed by atoms with Gasteiger partial charge in [-0.1, -0.05) is 91.0 Å². The lowest BCUT2D eigenvalue weighted by Gasteiger charge is -2.23. The van der Waals surface area contributed by atoms with Crippen LogP contribution in [0.1, 0.15) is 28.7 Å². The Morgan fingerprint density at radius 1 is 0.724 bits per heavy atom. The van der Waals surface area contributed by atoms with E-state index in [0.29, 0.717) is 6.54 Å². The van der Waals surface area contributed by atoms with Gasteiger partial charge >= 0.3 is 6.03 Å². The standard InChI is InChI=1S/C24H25N3O2/c1-25-24(29)27-23(28)22(20-15-9-4-10-16-20)26-17-21(18-11-5-2-6-12-18)19-13-7-3-8-14-19/h2-16,21-22,26H,17H2,1H3,(H2,25,27,28,29)/t22-/m0/s1. The van der Waals surface area contributed by atoms with Crippen molar-refractivity contribution in [2.75, 3.05) is 13.6 Å². The first-order valence-electron chi connectivity index (χ1n) is 9.60. The Kier molecular flexibility index (Phi) is 7.14. The molecule has 0 fully saturated rings. The largest absolute Gasteiger partial charge is 0.341 e. The molecule has 3 N–H and O–H groups in total. The van der Waals surface area contributed by atoms with E-state index in [-0.39, 0.29) is 5.92 Å². The maximum atomic E-state index is 12.8. The Hall–Kier alpha value is -3.44. The van der Waals surface area contributed by atoms with Gasteiger partial charge in [-0.05, 0) is 16.7 Å². The molecule has 0 radical (unpaired) electrons. The first kappa shape index (κ1) is 20.3. The van der Waals surface area contributed by atoms with Gasteiger partial charge in [-0.2, -0.15) is 0 Å². The third-order valence-electron chi connectivity index (χ3n) is 4.79. The van der Waals surface area contributed by atoms with Gasteiger partial charge in [0, 0.05) is 19.5 Å². The van der Waals surface area contributed by atoms with Gasteiger partial charge in [0.15, 0.2) is 0 Å². The van der Waals surface area contributed by atoms with Crippen molar-refractivity contribution in [3.8, 4) is 0 Å². The second-order valence-corrected chi connectivity index (χ2v) is 6.69. The van der Waals surface area contributed by atoms with E-state index >= 15 is 0 Å². The molecule has 3 amide bonds. The van der Waals surface area contributed by atoms with E-state index in [0.717, 1.165) is 16.7 Å². The molecular formula is C24H25N3O2. The predicted octanol–water partition coefficient (Wildman–Crippen LogP) is 3.61. The molecule has 0 spiro atoms. The highest BCUT2D eigenvalue weighted by Gasteiger charge is 2.24. The molecule has 0 aliphatic rings. The Bertz CT molecular complexity index is 875. The minimum Gasteiger partial charge on any atom is -0.341 e. The second kappa shape index (κ2) is 10.2. The highest BCUT2D eigenvalue weighted by molar-refractivity contribution is 5.97. The minimum absolute atomic E-state index is 0.0661. The van der Waals surface area contributed by atoms with Gasteiger partial charge in [-0.15, -0.1) is 0 Å². The summed E-state index contributed by atoms with van der Waals surface area (Å²) in [5.41, 5.74) is 3.11. The number of benzene rings is 3. The van der Waals surface area contributed by atoms with E-state index in [1.54, 1.807) is 0 Å². The van der Waals surface area contributed by atoms with Crippen LogP contribution in [0.5, 0.6) is 0 Å². The van der Waals surface area contributed by atoms with Gasteiger partial charge in [-0.3, -0.25) is 10.1 Å². The Morgan fingerprint density at radius 3 is 1.62 bits per heavy atom. The maximum absolute atomic E-state index is 12.8. The summed E-state index contributed by atoms with van der Waals surface area (Å²) in [5, 5.41) is 8.17. The number of urea groups is 1. The van der Waals surface area contributed by atoms with Crippen LogP contribution >= 0.6 is 0 Å². The van der Waals surface area contributed by atoms with E-state index < -0.39 is 18.0 Å². The molecule has 0 saturated carbocycles. The van der Waals surface area contributed by atoms with Crippen molar-refractivity contribution in [3.05, 3.63) is 108 Å². The van der Waals surface area contributed by atoms with Crippen LogP contribution < -0.4 is 16.0 Å². The van der Waals surface area contributed by atoms with Crippen LogP contribution in [-0.2, 0) is 4.79 Å². The van der Waals surface area contributed by atoms with Crippen molar-refractivity contribution in [1.29, 1.82) is 0 Å². The molecule has 5 nitrogen and oxygen atoms in total. The van der Waals surface area contributed by atoms with Gasteiger partial charge in [-0.25, -0.2) is 4.79 Å². The molecule has 0 saturated heterocycles. The van der Waals surface area contributed by atoms with Crippen molar-refractivity contribution in [2.45, 2.75) is 12.0 Å². The number of amides is 3. The number of nitrogens with one attached hydrogen (secondary N) is 3. The van der Waals surface area contributed by atoms with Crippen LogP contribution in [0.2, 0.25) is 0 Å². The predicted molar refractivity (Wildman–Crippen MR) is 115 cm³/mol. The Balaban J connectivity index is 1.85. The highest BCUT2D eigenvalue weighted by atomic mass is 16.2. The molecule has 148 valence electrons. The first-order valence-corrected chi connectivity index (χ1v) is 9.60. The van der Waals surface area contributed by atoms with Crippen LogP contribution in [0.3, 0.4) is 0 Å². The zero-order valence-electron chi connectivity index (χ0n) is 16.3. The van der Waals surface area contributed by atoms with E-state index in [9.17, 15) is 9.59 Å². The Morgan fingerprint density at radius 2 is 1.17 bits per heavy atom. The van der Waals surface area contributed by atoms with Gasteiger partial charge in [0.25, 0.3) is 0 Å². The third-order valence-corrected chi connectivity index (χ3v) is 4.79. The normalized spacial score (nSPS) is 11.7. The minimum atomic E-state index is -0.650. The van der Waals surface area contributed by atoms with Crippen molar-refractivity contribution >= 4 is 11.9 Å². The number of carbonyl (C=O) groups excluding carboxylic acids is 2. The number of hydrogen-bond acceptors (Lipinski definition) is 3. The molecule has 3 aromatic rings. The summed E-state index contributed by atoms with van der Waals surface area (Å²) in [6.45, 7) is 0.536. The van der Waals surface area contributed by atoms with Crippen molar-refractivity contribution in [1.82, 2.24) is 16.0 Å². The zero-order valence-corrected chi connectivity index (χ0v) is 16.3. The van der Waals surface area contributed by atoms with E-state index in [2.05, 4.69) is 40.2 Å². The molecule has 0 aliphatic heterocycles. The lowest BCUT2D eigenvalue weighted by Crippen LogP contribution is -2.44. The SMILES string of the molecule is CNC(=O)NC(=O)[C@@H](NCC(c1ccccc1)c1ccccc1)c1ccccc1. The molecule has 0 aliphatic carbocycles. The lowest BCUT2D eigenvalue weighted by molar-refractivity contribution is -0.122. The first-order chi connectivity index (χ1) is 14.2. The van der Waals surface area contributed by atoms with Crippen molar-refractivity contribution in [3.63, 3.8) is 0 Å². The van der Waals surface area contributed by atoms with Gasteiger partial charge in [0.2, 0.25) is 5.91 Å². The van der Waals surface area contributed by atoms with Crippen LogP contribution in [0, 0.1) is 0 Å². The quantitative estimate of drug-likeness (QED) is 0.580. The summed E-state index contributed by atoms with van der Waals surface area (Å²) < 4.78 is 0. The summed E-state index contributed by atoms with van der Waals surface area (Å²) in [6, 6.07) is 28.6. The zero-order chi connectivity index (χ0) is 20.5. The highest BCUT2D eigenvalue weighted by Crippen LogP contribution is 2.25. The molecule has 3 rings (SSSR count). The fraction of sp³-hybridized carbons (Fsp3) is 0.167. The van der Waals surface area contributed by atoms with Crippen LogP contribution in [0.4, 0.5) is 4.79 Å². The maximum Gasteiger partial charge on any atom is 0.321 e. The monoisotopic (exact) mass is 387 g/mol. The average molecular weight is 387 g/mol. The van der Waals surface area contributed by atoms with Crippen molar-refractivity contribution < 1.29 is 9.59 Å². The van der Waals surface area contributed by atoms with Crippen molar-refractivity contribution in [2.24, 2.45) is 0 Å². The summed E-state index contributed by atoms with van der Waals surface area (Å²) in [6.07, 6.45) is 0. The summed E-state index contributed by atoms with van der Waals surface area (Å²) in [5.74, 6) is -0.327. The number of hydrogen-bond donors (Lipinski definition) is 3. The molecule has 29 heavy (non-hydrogen) atoms. The summed E-state index contributed by atoms with van der Waals surface area (Å²) in [4.78, 5) is 24.4. The van der Waals surface area contributed by atoms with Gasteiger partial charge in [0.1, 0.15) is 6.04 Å². The molecule has 0 bridgehead atoms. The third kappa shape index (κ3) is 5.53. The second-order valence-electron chi connectivity index (χ2n) is 6.69. The average Bonchev–Trinajstić information content (AvgIpc) is 2.78. The van der Waals surface area contributed by atoms with E-state index in [1.807, 2.05) is 66.7 Å². The number of imide groups is 1. The smallest absolute Gasteiger partial charge is 0.321 e. The molecular weight excluding hydrogens is 362 g/mol. The van der Waals surface area contributed by atoms with Crippen LogP contribution in [-0.4, -0.2) is 25.5 Å².